The fourth-order valence-electron chi connectivity index (χ4n) is 1.54. The number of nitrogens with one attached hydrogen (secondary N) is 1. The lowest BCUT2D eigenvalue weighted by Crippen LogP contribution is -2.32. The lowest BCUT2D eigenvalue weighted by Gasteiger charge is -2.13. The zero-order valence-corrected chi connectivity index (χ0v) is 11.8. The summed E-state index contributed by atoms with van der Waals surface area (Å²) in [6, 6.07) is 2.86. The molecule has 1 aromatic carbocycles. The van der Waals surface area contributed by atoms with Crippen molar-refractivity contribution in [3.8, 4) is 18.1 Å². The van der Waals surface area contributed by atoms with Crippen molar-refractivity contribution in [2.75, 3.05) is 7.11 Å². The van der Waals surface area contributed by atoms with Crippen LogP contribution in [-0.4, -0.2) is 26.5 Å². The molecule has 8 heteroatoms. The third kappa shape index (κ3) is 3.69. The van der Waals surface area contributed by atoms with Crippen molar-refractivity contribution in [2.45, 2.75) is 24.3 Å². The average Bonchev–Trinajstić information content (AvgIpc) is 2.37. The maximum absolute atomic E-state index is 12.2. The summed E-state index contributed by atoms with van der Waals surface area (Å²) in [6.07, 6.45) is 5.31. The highest BCUT2D eigenvalue weighted by molar-refractivity contribution is 7.89. The van der Waals surface area contributed by atoms with E-state index < -0.39 is 21.0 Å². The van der Waals surface area contributed by atoms with Gasteiger partial charge in [-0.25, -0.2) is 13.1 Å². The molecule has 0 aliphatic carbocycles. The molecule has 0 aromatic heterocycles. The number of nitrogens with zero attached hydrogens (tertiary/aromatic N) is 1. The summed E-state index contributed by atoms with van der Waals surface area (Å²) in [5.74, 6) is 2.36. The first-order valence-corrected chi connectivity index (χ1v) is 7.08. The van der Waals surface area contributed by atoms with Gasteiger partial charge in [-0.15, -0.1) is 12.3 Å². The van der Waals surface area contributed by atoms with Crippen molar-refractivity contribution in [2.24, 2.45) is 0 Å². The van der Waals surface area contributed by atoms with E-state index in [-0.39, 0.29) is 22.8 Å². The smallest absolute Gasteiger partial charge is 0.271 e. The number of hydrogen-bond acceptors (Lipinski definition) is 5. The van der Waals surface area contributed by atoms with Gasteiger partial charge in [-0.2, -0.15) is 0 Å². The Bertz CT molecular complexity index is 648. The van der Waals surface area contributed by atoms with Crippen molar-refractivity contribution >= 4 is 15.7 Å². The first kappa shape index (κ1) is 15.9. The average molecular weight is 298 g/mol. The van der Waals surface area contributed by atoms with Gasteiger partial charge in [0.2, 0.25) is 10.0 Å². The Labute approximate surface area is 117 Å². The van der Waals surface area contributed by atoms with Crippen molar-refractivity contribution in [3.63, 3.8) is 0 Å². The van der Waals surface area contributed by atoms with Crippen LogP contribution in [0.3, 0.4) is 0 Å². The van der Waals surface area contributed by atoms with E-state index >= 15 is 0 Å². The zero-order valence-electron chi connectivity index (χ0n) is 11.0. The number of rotatable bonds is 6. The Morgan fingerprint density at radius 3 is 2.70 bits per heavy atom. The first-order chi connectivity index (χ1) is 9.31. The highest BCUT2D eigenvalue weighted by atomic mass is 32.2. The number of nitro benzene ring substituents is 1. The third-order valence-electron chi connectivity index (χ3n) is 2.43. The van der Waals surface area contributed by atoms with E-state index in [1.54, 1.807) is 6.92 Å². The molecule has 0 saturated heterocycles. The van der Waals surface area contributed by atoms with Crippen LogP contribution >= 0.6 is 0 Å². The molecule has 0 spiro atoms. The van der Waals surface area contributed by atoms with Gasteiger partial charge >= 0.3 is 0 Å². The Morgan fingerprint density at radius 2 is 2.20 bits per heavy atom. The highest BCUT2D eigenvalue weighted by Gasteiger charge is 2.24. The monoisotopic (exact) mass is 298 g/mol. The molecule has 1 aromatic rings. The standard InChI is InChI=1S/C12H14N2O5S/c1-4-5-9(2)13-20(17,18)12-8-10(14(15)16)6-7-11(12)19-3/h1,6-9,13H,5H2,2-3H3. The number of sulfonamides is 1. The zero-order chi connectivity index (χ0) is 15.3. The van der Waals surface area contributed by atoms with Crippen LogP contribution < -0.4 is 9.46 Å². The molecule has 1 rings (SSSR count). The minimum absolute atomic E-state index is 0.0241. The molecule has 108 valence electrons. The Balaban J connectivity index is 3.25. The largest absolute Gasteiger partial charge is 0.495 e. The Hall–Kier alpha value is -2.11. The van der Waals surface area contributed by atoms with E-state index in [2.05, 4.69) is 10.6 Å². The maximum Gasteiger partial charge on any atom is 0.271 e. The SMILES string of the molecule is C#CCC(C)NS(=O)(=O)c1cc([N+](=O)[O-])ccc1OC. The molecule has 0 aliphatic rings. The summed E-state index contributed by atoms with van der Waals surface area (Å²) in [5, 5.41) is 10.7. The molecule has 20 heavy (non-hydrogen) atoms. The van der Waals surface area contributed by atoms with Crippen molar-refractivity contribution in [1.82, 2.24) is 4.72 Å². The molecule has 7 nitrogen and oxygen atoms in total. The number of benzene rings is 1. The van der Waals surface area contributed by atoms with Crippen LogP contribution in [-0.2, 0) is 10.0 Å². The summed E-state index contributed by atoms with van der Waals surface area (Å²) < 4.78 is 31.6. The minimum Gasteiger partial charge on any atom is -0.495 e. The molecule has 0 bridgehead atoms. The van der Waals surface area contributed by atoms with E-state index in [1.165, 1.54) is 19.2 Å². The normalized spacial score (nSPS) is 12.4. The Morgan fingerprint density at radius 1 is 1.55 bits per heavy atom. The number of non-ortho nitro benzene ring substituents is 1. The van der Waals surface area contributed by atoms with Crippen LogP contribution in [0, 0.1) is 22.5 Å². The third-order valence-corrected chi connectivity index (χ3v) is 4.04. The molecule has 0 heterocycles. The molecular formula is C12H14N2O5S. The van der Waals surface area contributed by atoms with Crippen LogP contribution in [0.4, 0.5) is 5.69 Å². The van der Waals surface area contributed by atoms with Crippen LogP contribution in [0.5, 0.6) is 5.75 Å². The van der Waals surface area contributed by atoms with Crippen LogP contribution in [0.1, 0.15) is 13.3 Å². The number of nitro groups is 1. The van der Waals surface area contributed by atoms with E-state index in [0.29, 0.717) is 0 Å². The summed E-state index contributed by atoms with van der Waals surface area (Å²) in [4.78, 5) is 9.76. The maximum atomic E-state index is 12.2. The molecule has 0 saturated carbocycles. The molecular weight excluding hydrogens is 284 g/mol. The van der Waals surface area contributed by atoms with Gasteiger partial charge in [0.25, 0.3) is 5.69 Å². The predicted molar refractivity (Wildman–Crippen MR) is 72.9 cm³/mol. The quantitative estimate of drug-likeness (QED) is 0.485. The van der Waals surface area contributed by atoms with Gasteiger partial charge in [-0.1, -0.05) is 0 Å². The second kappa shape index (κ2) is 6.36. The molecule has 0 fully saturated rings. The van der Waals surface area contributed by atoms with Crippen LogP contribution in [0.15, 0.2) is 23.1 Å². The van der Waals surface area contributed by atoms with Gasteiger partial charge in [0, 0.05) is 24.6 Å². The van der Waals surface area contributed by atoms with E-state index in [4.69, 9.17) is 11.2 Å². The van der Waals surface area contributed by atoms with Crippen LogP contribution in [0.25, 0.3) is 0 Å². The second-order valence-corrected chi connectivity index (χ2v) is 5.71. The molecule has 0 amide bonds. The van der Waals surface area contributed by atoms with Crippen molar-refractivity contribution in [3.05, 3.63) is 28.3 Å². The first-order valence-electron chi connectivity index (χ1n) is 5.60. The lowest BCUT2D eigenvalue weighted by molar-refractivity contribution is -0.385. The van der Waals surface area contributed by atoms with Gasteiger partial charge in [-0.3, -0.25) is 10.1 Å². The molecule has 0 aliphatic heterocycles. The fraction of sp³-hybridized carbons (Fsp3) is 0.333. The summed E-state index contributed by atoms with van der Waals surface area (Å²) >= 11 is 0. The number of hydrogen-bond donors (Lipinski definition) is 1. The van der Waals surface area contributed by atoms with E-state index in [1.807, 2.05) is 0 Å². The summed E-state index contributed by atoms with van der Waals surface area (Å²) in [7, 11) is -2.67. The predicted octanol–water partition coefficient (Wildman–Crippen LogP) is 1.29. The second-order valence-electron chi connectivity index (χ2n) is 4.02. The Kier molecular flexibility index (Phi) is 5.07. The van der Waals surface area contributed by atoms with Gasteiger partial charge in [0.15, 0.2) is 0 Å². The topological polar surface area (TPSA) is 98.5 Å². The van der Waals surface area contributed by atoms with Crippen LogP contribution in [0.2, 0.25) is 0 Å². The molecule has 0 radical (unpaired) electrons. The molecule has 1 atom stereocenters. The van der Waals surface area contributed by atoms with Crippen molar-refractivity contribution < 1.29 is 18.1 Å². The molecule has 1 N–H and O–H groups in total. The van der Waals surface area contributed by atoms with Gasteiger partial charge in [0.1, 0.15) is 10.6 Å². The number of ether oxygens (including phenoxy) is 1. The van der Waals surface area contributed by atoms with Gasteiger partial charge < -0.3 is 4.74 Å². The summed E-state index contributed by atoms with van der Waals surface area (Å²) in [5.41, 5.74) is -0.337. The van der Waals surface area contributed by atoms with Gasteiger partial charge in [0.05, 0.1) is 12.0 Å². The number of terminal acetylenes is 1. The number of methoxy groups -OCH3 is 1. The van der Waals surface area contributed by atoms with E-state index in [9.17, 15) is 18.5 Å². The van der Waals surface area contributed by atoms with E-state index in [0.717, 1.165) is 6.07 Å². The van der Waals surface area contributed by atoms with Crippen molar-refractivity contribution in [1.29, 1.82) is 0 Å². The fourth-order valence-corrected chi connectivity index (χ4v) is 2.97. The minimum atomic E-state index is -3.96. The highest BCUT2D eigenvalue weighted by Crippen LogP contribution is 2.28. The summed E-state index contributed by atoms with van der Waals surface area (Å²) in [6.45, 7) is 1.60. The van der Waals surface area contributed by atoms with Gasteiger partial charge in [-0.05, 0) is 13.0 Å². The lowest BCUT2D eigenvalue weighted by atomic mass is 10.3. The molecule has 1 unspecified atom stereocenters.